The molecule has 1 aromatic heterocycles. The maximum absolute atomic E-state index is 13.1. The number of aromatic nitrogens is 1. The van der Waals surface area contributed by atoms with E-state index >= 15 is 0 Å². The molecule has 0 saturated heterocycles. The van der Waals surface area contributed by atoms with Gasteiger partial charge < -0.3 is 10.5 Å². The largest absolute Gasteiger partial charge is 0.439 e. The normalized spacial score (nSPS) is 12.2. The molecule has 5 heteroatoms. The van der Waals surface area contributed by atoms with Gasteiger partial charge in [-0.05, 0) is 43.5 Å². The van der Waals surface area contributed by atoms with Crippen molar-refractivity contribution in [3.63, 3.8) is 0 Å². The average molecular weight is 309 g/mol. The van der Waals surface area contributed by atoms with Crippen molar-refractivity contribution in [3.8, 4) is 11.6 Å². The maximum Gasteiger partial charge on any atom is 0.222 e. The molecule has 1 unspecified atom stereocenters. The number of halogens is 2. The molecule has 112 valence electrons. The molecule has 1 atom stereocenters. The van der Waals surface area contributed by atoms with Crippen LogP contribution in [0.4, 0.5) is 4.39 Å². The molecule has 0 aliphatic rings. The molecule has 2 rings (SSSR count). The fourth-order valence-corrected chi connectivity index (χ4v) is 2.11. The van der Waals surface area contributed by atoms with Gasteiger partial charge in [-0.15, -0.1) is 0 Å². The summed E-state index contributed by atoms with van der Waals surface area (Å²) in [6.45, 7) is 3.97. The summed E-state index contributed by atoms with van der Waals surface area (Å²) < 4.78 is 18.7. The highest BCUT2D eigenvalue weighted by molar-refractivity contribution is 6.30. The summed E-state index contributed by atoms with van der Waals surface area (Å²) in [5.41, 5.74) is 7.91. The Balaban J connectivity index is 2.15. The van der Waals surface area contributed by atoms with E-state index in [0.717, 1.165) is 24.0 Å². The molecule has 0 spiro atoms. The van der Waals surface area contributed by atoms with Gasteiger partial charge in [-0.1, -0.05) is 18.5 Å². The average Bonchev–Trinajstić information content (AvgIpc) is 2.45. The second-order valence-electron chi connectivity index (χ2n) is 5.02. The van der Waals surface area contributed by atoms with Crippen molar-refractivity contribution >= 4 is 11.6 Å². The predicted molar refractivity (Wildman–Crippen MR) is 82.4 cm³/mol. The topological polar surface area (TPSA) is 48.1 Å². The number of aryl methyl sites for hydroxylation is 1. The van der Waals surface area contributed by atoms with E-state index in [0.29, 0.717) is 11.6 Å². The van der Waals surface area contributed by atoms with Gasteiger partial charge in [0.1, 0.15) is 11.6 Å². The van der Waals surface area contributed by atoms with Crippen LogP contribution in [0, 0.1) is 12.7 Å². The van der Waals surface area contributed by atoms with Gasteiger partial charge in [0.2, 0.25) is 5.88 Å². The van der Waals surface area contributed by atoms with Crippen LogP contribution in [0.25, 0.3) is 0 Å². The number of benzene rings is 1. The number of nitrogens with zero attached hydrogens (tertiary/aromatic N) is 1. The first-order valence-corrected chi connectivity index (χ1v) is 7.21. The van der Waals surface area contributed by atoms with E-state index in [1.807, 2.05) is 13.0 Å². The van der Waals surface area contributed by atoms with Crippen molar-refractivity contribution in [2.45, 2.75) is 32.7 Å². The molecule has 2 N–H and O–H groups in total. The minimum atomic E-state index is -0.474. The van der Waals surface area contributed by atoms with Gasteiger partial charge >= 0.3 is 0 Å². The number of hydrogen-bond donors (Lipinski definition) is 1. The van der Waals surface area contributed by atoms with Crippen LogP contribution in [-0.2, 0) is 6.42 Å². The van der Waals surface area contributed by atoms with Crippen LogP contribution in [-0.4, -0.2) is 11.0 Å². The number of hydrogen-bond acceptors (Lipinski definition) is 3. The van der Waals surface area contributed by atoms with E-state index in [2.05, 4.69) is 11.9 Å². The molecule has 0 aliphatic carbocycles. The summed E-state index contributed by atoms with van der Waals surface area (Å²) in [6, 6.07) is 6.35. The highest BCUT2D eigenvalue weighted by Gasteiger charge is 2.08. The van der Waals surface area contributed by atoms with Crippen molar-refractivity contribution in [1.82, 2.24) is 4.98 Å². The standard InChI is InChI=1S/C16H18ClFN2O/c1-3-12(19)7-11-6-10(2)16(20-9-11)21-13-4-5-15(18)14(17)8-13/h4-6,8-9,12H,3,7,19H2,1-2H3. The second-order valence-corrected chi connectivity index (χ2v) is 5.42. The molecule has 0 bridgehead atoms. The summed E-state index contributed by atoms with van der Waals surface area (Å²) in [7, 11) is 0. The lowest BCUT2D eigenvalue weighted by Gasteiger charge is -2.12. The van der Waals surface area contributed by atoms with Crippen LogP contribution < -0.4 is 10.5 Å². The van der Waals surface area contributed by atoms with Gasteiger partial charge in [0.25, 0.3) is 0 Å². The van der Waals surface area contributed by atoms with Gasteiger partial charge in [0.05, 0.1) is 5.02 Å². The molecule has 0 amide bonds. The van der Waals surface area contributed by atoms with Crippen LogP contribution in [0.3, 0.4) is 0 Å². The Bertz CT molecular complexity index is 634. The monoisotopic (exact) mass is 308 g/mol. The smallest absolute Gasteiger partial charge is 0.222 e. The van der Waals surface area contributed by atoms with E-state index in [-0.39, 0.29) is 11.1 Å². The van der Waals surface area contributed by atoms with E-state index in [1.165, 1.54) is 18.2 Å². The summed E-state index contributed by atoms with van der Waals surface area (Å²) >= 11 is 5.73. The number of rotatable bonds is 5. The van der Waals surface area contributed by atoms with E-state index in [1.54, 1.807) is 6.20 Å². The van der Waals surface area contributed by atoms with Crippen molar-refractivity contribution in [2.24, 2.45) is 5.73 Å². The Hall–Kier alpha value is -1.65. The van der Waals surface area contributed by atoms with E-state index in [4.69, 9.17) is 22.1 Å². The third-order valence-corrected chi connectivity index (χ3v) is 3.50. The number of nitrogens with two attached hydrogens (primary N) is 1. The minimum absolute atomic E-state index is 0.0238. The van der Waals surface area contributed by atoms with Gasteiger partial charge in [-0.2, -0.15) is 0 Å². The summed E-state index contributed by atoms with van der Waals surface area (Å²) in [4.78, 5) is 4.30. The maximum atomic E-state index is 13.1. The zero-order valence-corrected chi connectivity index (χ0v) is 12.8. The Morgan fingerprint density at radius 3 is 2.76 bits per heavy atom. The molecule has 3 nitrogen and oxygen atoms in total. The molecule has 2 aromatic rings. The molecule has 0 radical (unpaired) electrons. The summed E-state index contributed by atoms with van der Waals surface area (Å²) in [6.07, 6.45) is 3.46. The van der Waals surface area contributed by atoms with Gasteiger partial charge in [0.15, 0.2) is 0 Å². The highest BCUT2D eigenvalue weighted by Crippen LogP contribution is 2.27. The van der Waals surface area contributed by atoms with E-state index < -0.39 is 5.82 Å². The zero-order valence-electron chi connectivity index (χ0n) is 12.1. The third kappa shape index (κ3) is 4.16. The fourth-order valence-electron chi connectivity index (χ4n) is 1.94. The molecule has 1 aromatic carbocycles. The van der Waals surface area contributed by atoms with Crippen LogP contribution in [0.2, 0.25) is 5.02 Å². The first-order chi connectivity index (χ1) is 9.99. The predicted octanol–water partition coefficient (Wildman–Crippen LogP) is 4.25. The minimum Gasteiger partial charge on any atom is -0.439 e. The second kappa shape index (κ2) is 6.87. The molecular weight excluding hydrogens is 291 g/mol. The third-order valence-electron chi connectivity index (χ3n) is 3.21. The molecule has 0 aliphatic heterocycles. The SMILES string of the molecule is CCC(N)Cc1cnc(Oc2ccc(F)c(Cl)c2)c(C)c1. The van der Waals surface area contributed by atoms with Gasteiger partial charge in [-0.3, -0.25) is 0 Å². The van der Waals surface area contributed by atoms with Crippen molar-refractivity contribution < 1.29 is 9.13 Å². The lowest BCUT2D eigenvalue weighted by molar-refractivity contribution is 0.456. The van der Waals surface area contributed by atoms with Crippen LogP contribution in [0.5, 0.6) is 11.6 Å². The first-order valence-electron chi connectivity index (χ1n) is 6.83. The Morgan fingerprint density at radius 1 is 1.38 bits per heavy atom. The molecular formula is C16H18ClFN2O. The number of ether oxygens (including phenoxy) is 1. The Labute approximate surface area is 128 Å². The zero-order chi connectivity index (χ0) is 15.4. The van der Waals surface area contributed by atoms with Crippen LogP contribution in [0.1, 0.15) is 24.5 Å². The summed E-state index contributed by atoms with van der Waals surface area (Å²) in [5, 5.41) is 0.0238. The lowest BCUT2D eigenvalue weighted by Crippen LogP contribution is -2.21. The first kappa shape index (κ1) is 15.7. The number of pyridine rings is 1. The molecule has 0 fully saturated rings. The van der Waals surface area contributed by atoms with Crippen molar-refractivity contribution in [3.05, 3.63) is 52.4 Å². The fraction of sp³-hybridized carbons (Fsp3) is 0.312. The lowest BCUT2D eigenvalue weighted by atomic mass is 10.1. The van der Waals surface area contributed by atoms with Crippen molar-refractivity contribution in [2.75, 3.05) is 0 Å². The van der Waals surface area contributed by atoms with Crippen LogP contribution in [0.15, 0.2) is 30.5 Å². The molecule has 0 saturated carbocycles. The molecule has 1 heterocycles. The Kier molecular flexibility index (Phi) is 5.15. The Morgan fingerprint density at radius 2 is 2.14 bits per heavy atom. The summed E-state index contributed by atoms with van der Waals surface area (Å²) in [5.74, 6) is 0.458. The van der Waals surface area contributed by atoms with Gasteiger partial charge in [-0.25, -0.2) is 9.37 Å². The van der Waals surface area contributed by atoms with E-state index in [9.17, 15) is 4.39 Å². The molecule has 21 heavy (non-hydrogen) atoms. The van der Waals surface area contributed by atoms with Crippen LogP contribution >= 0.6 is 11.6 Å². The van der Waals surface area contributed by atoms with Crippen molar-refractivity contribution in [1.29, 1.82) is 0 Å². The van der Waals surface area contributed by atoms with Gasteiger partial charge in [0, 0.05) is 23.9 Å². The highest BCUT2D eigenvalue weighted by atomic mass is 35.5. The quantitative estimate of drug-likeness (QED) is 0.898.